The molecule has 0 saturated heterocycles. The molecule has 3 aliphatic rings. The highest BCUT2D eigenvalue weighted by Gasteiger charge is 2.43. The van der Waals surface area contributed by atoms with Crippen molar-refractivity contribution in [3.63, 3.8) is 0 Å². The number of rotatable bonds is 3. The number of Topliss-reactive ketones (excluding diaryl/α,β-unsaturated/α-hetero) is 1. The fraction of sp³-hybridized carbons (Fsp3) is 0.786. The van der Waals surface area contributed by atoms with Crippen LogP contribution in [0.4, 0.5) is 0 Å². The number of allylic oxidation sites excluding steroid dienone is 2. The third-order valence-corrected chi connectivity index (χ3v) is 4.59. The molecule has 1 nitrogen and oxygen atoms in total. The number of hydrogen-bond acceptors (Lipinski definition) is 1. The van der Waals surface area contributed by atoms with Crippen LogP contribution < -0.4 is 0 Å². The number of carbonyl (C=O) groups excluding carboxylic acids is 1. The Kier molecular flexibility index (Phi) is 2.42. The summed E-state index contributed by atoms with van der Waals surface area (Å²) in [4.78, 5) is 12.1. The van der Waals surface area contributed by atoms with Crippen LogP contribution in [0, 0.1) is 23.7 Å². The van der Waals surface area contributed by atoms with Crippen LogP contribution in [0.15, 0.2) is 12.2 Å². The predicted octanol–water partition coefficient (Wildman–Crippen LogP) is 3.35. The molecule has 0 bridgehead atoms. The molecule has 3 unspecified atom stereocenters. The van der Waals surface area contributed by atoms with Crippen LogP contribution in [-0.4, -0.2) is 5.78 Å². The second-order valence-corrected chi connectivity index (χ2v) is 5.75. The number of carbonyl (C=O) groups is 1. The topological polar surface area (TPSA) is 17.1 Å². The monoisotopic (exact) mass is 204 g/mol. The molecule has 0 aromatic heterocycles. The highest BCUT2D eigenvalue weighted by Crippen LogP contribution is 2.51. The maximum Gasteiger partial charge on any atom is 0.136 e. The lowest BCUT2D eigenvalue weighted by Gasteiger charge is -2.21. The Hall–Kier alpha value is -0.590. The van der Waals surface area contributed by atoms with Crippen molar-refractivity contribution >= 4 is 5.78 Å². The SMILES string of the molecule is O=C(CC1CC=CC1)C1CCC2CC2C1. The first-order valence-electron chi connectivity index (χ1n) is 6.50. The van der Waals surface area contributed by atoms with E-state index in [1.807, 2.05) is 0 Å². The lowest BCUT2D eigenvalue weighted by atomic mass is 9.83. The zero-order chi connectivity index (χ0) is 10.3. The first-order valence-corrected chi connectivity index (χ1v) is 6.50. The number of ketones is 1. The standard InChI is InChI=1S/C14H20O/c15-14(7-10-3-1-2-4-10)12-6-5-11-8-13(11)9-12/h1-2,10-13H,3-9H2. The first-order chi connectivity index (χ1) is 7.33. The van der Waals surface area contributed by atoms with Crippen LogP contribution in [0.3, 0.4) is 0 Å². The summed E-state index contributed by atoms with van der Waals surface area (Å²) in [7, 11) is 0. The molecule has 82 valence electrons. The van der Waals surface area contributed by atoms with Gasteiger partial charge >= 0.3 is 0 Å². The smallest absolute Gasteiger partial charge is 0.136 e. The second kappa shape index (κ2) is 3.77. The van der Waals surface area contributed by atoms with E-state index in [1.54, 1.807) is 0 Å². The Balaban J connectivity index is 1.50. The van der Waals surface area contributed by atoms with Crippen molar-refractivity contribution in [1.29, 1.82) is 0 Å². The van der Waals surface area contributed by atoms with Crippen LogP contribution >= 0.6 is 0 Å². The number of fused-ring (bicyclic) bond motifs is 1. The van der Waals surface area contributed by atoms with Crippen molar-refractivity contribution in [2.45, 2.75) is 44.9 Å². The van der Waals surface area contributed by atoms with Gasteiger partial charge in [-0.05, 0) is 56.3 Å². The van der Waals surface area contributed by atoms with E-state index in [1.165, 1.54) is 25.7 Å². The summed E-state index contributed by atoms with van der Waals surface area (Å²) in [6.45, 7) is 0. The van der Waals surface area contributed by atoms with Crippen LogP contribution in [0.5, 0.6) is 0 Å². The van der Waals surface area contributed by atoms with Gasteiger partial charge in [0, 0.05) is 12.3 Å². The van der Waals surface area contributed by atoms with Crippen LogP contribution in [0.1, 0.15) is 44.9 Å². The molecule has 0 N–H and O–H groups in total. The fourth-order valence-corrected chi connectivity index (χ4v) is 3.43. The van der Waals surface area contributed by atoms with E-state index in [0.717, 1.165) is 31.1 Å². The zero-order valence-corrected chi connectivity index (χ0v) is 9.32. The second-order valence-electron chi connectivity index (χ2n) is 5.75. The summed E-state index contributed by atoms with van der Waals surface area (Å²) in [6.07, 6.45) is 12.8. The Labute approximate surface area is 91.9 Å². The van der Waals surface area contributed by atoms with E-state index in [4.69, 9.17) is 0 Å². The third kappa shape index (κ3) is 2.02. The molecule has 0 radical (unpaired) electrons. The van der Waals surface area contributed by atoms with Crippen molar-refractivity contribution in [3.8, 4) is 0 Å². The maximum absolute atomic E-state index is 12.1. The lowest BCUT2D eigenvalue weighted by molar-refractivity contribution is -0.124. The minimum Gasteiger partial charge on any atom is -0.299 e. The van der Waals surface area contributed by atoms with Gasteiger partial charge < -0.3 is 0 Å². The molecule has 15 heavy (non-hydrogen) atoms. The molecule has 3 aliphatic carbocycles. The molecule has 0 aromatic carbocycles. The summed E-state index contributed by atoms with van der Waals surface area (Å²) < 4.78 is 0. The summed E-state index contributed by atoms with van der Waals surface area (Å²) in [5, 5.41) is 0. The molecule has 0 aliphatic heterocycles. The van der Waals surface area contributed by atoms with Gasteiger partial charge in [0.15, 0.2) is 0 Å². The molecule has 0 spiro atoms. The maximum atomic E-state index is 12.1. The normalized spacial score (nSPS) is 39.1. The number of hydrogen-bond donors (Lipinski definition) is 0. The lowest BCUT2D eigenvalue weighted by Crippen LogP contribution is -2.21. The van der Waals surface area contributed by atoms with E-state index in [2.05, 4.69) is 12.2 Å². The molecule has 3 atom stereocenters. The van der Waals surface area contributed by atoms with Gasteiger partial charge in [-0.3, -0.25) is 4.79 Å². The van der Waals surface area contributed by atoms with E-state index in [-0.39, 0.29) is 0 Å². The average Bonchev–Trinajstić information content (AvgIpc) is 2.85. The highest BCUT2D eigenvalue weighted by atomic mass is 16.1. The van der Waals surface area contributed by atoms with Crippen molar-refractivity contribution in [2.24, 2.45) is 23.7 Å². The Morgan fingerprint density at radius 1 is 1.07 bits per heavy atom. The molecular weight excluding hydrogens is 184 g/mol. The predicted molar refractivity (Wildman–Crippen MR) is 60.4 cm³/mol. The Morgan fingerprint density at radius 3 is 2.60 bits per heavy atom. The molecule has 3 rings (SSSR count). The van der Waals surface area contributed by atoms with Gasteiger partial charge in [-0.2, -0.15) is 0 Å². The molecular formula is C14H20O. The molecule has 2 fully saturated rings. The van der Waals surface area contributed by atoms with E-state index in [9.17, 15) is 4.79 Å². The third-order valence-electron chi connectivity index (χ3n) is 4.59. The first kappa shape index (κ1) is 9.62. The minimum atomic E-state index is 0.439. The van der Waals surface area contributed by atoms with Gasteiger partial charge in [-0.1, -0.05) is 12.2 Å². The van der Waals surface area contributed by atoms with Gasteiger partial charge in [0.05, 0.1) is 0 Å². The van der Waals surface area contributed by atoms with E-state index in [0.29, 0.717) is 17.6 Å². The summed E-state index contributed by atoms with van der Waals surface area (Å²) >= 11 is 0. The molecule has 0 amide bonds. The van der Waals surface area contributed by atoms with Crippen LogP contribution in [0.25, 0.3) is 0 Å². The molecule has 0 aromatic rings. The quantitative estimate of drug-likeness (QED) is 0.644. The minimum absolute atomic E-state index is 0.439. The zero-order valence-electron chi connectivity index (χ0n) is 9.32. The van der Waals surface area contributed by atoms with Gasteiger partial charge in [-0.15, -0.1) is 0 Å². The molecule has 1 heteroatoms. The molecule has 2 saturated carbocycles. The van der Waals surface area contributed by atoms with Crippen LogP contribution in [-0.2, 0) is 4.79 Å². The van der Waals surface area contributed by atoms with Gasteiger partial charge in [-0.25, -0.2) is 0 Å². The van der Waals surface area contributed by atoms with Crippen molar-refractivity contribution < 1.29 is 4.79 Å². The summed E-state index contributed by atoms with van der Waals surface area (Å²) in [6, 6.07) is 0. The van der Waals surface area contributed by atoms with Gasteiger partial charge in [0.1, 0.15) is 5.78 Å². The largest absolute Gasteiger partial charge is 0.299 e. The highest BCUT2D eigenvalue weighted by molar-refractivity contribution is 5.81. The van der Waals surface area contributed by atoms with Gasteiger partial charge in [0.2, 0.25) is 0 Å². The van der Waals surface area contributed by atoms with E-state index >= 15 is 0 Å². The summed E-state index contributed by atoms with van der Waals surface area (Å²) in [5.74, 6) is 3.62. The Bertz CT molecular complexity index is 284. The molecule has 0 heterocycles. The van der Waals surface area contributed by atoms with Gasteiger partial charge in [0.25, 0.3) is 0 Å². The van der Waals surface area contributed by atoms with Crippen molar-refractivity contribution in [3.05, 3.63) is 12.2 Å². The summed E-state index contributed by atoms with van der Waals surface area (Å²) in [5.41, 5.74) is 0. The fourth-order valence-electron chi connectivity index (χ4n) is 3.43. The van der Waals surface area contributed by atoms with Crippen LogP contribution in [0.2, 0.25) is 0 Å². The van der Waals surface area contributed by atoms with E-state index < -0.39 is 0 Å². The average molecular weight is 204 g/mol. The Morgan fingerprint density at radius 2 is 1.87 bits per heavy atom. The van der Waals surface area contributed by atoms with Crippen molar-refractivity contribution in [2.75, 3.05) is 0 Å². The van der Waals surface area contributed by atoms with Crippen molar-refractivity contribution in [1.82, 2.24) is 0 Å².